The maximum atomic E-state index is 12.3. The number of hydrogen-bond donors (Lipinski definition) is 1. The van der Waals surface area contributed by atoms with E-state index in [0.29, 0.717) is 17.9 Å². The van der Waals surface area contributed by atoms with Crippen LogP contribution in [0, 0.1) is 11.8 Å². The molecule has 0 saturated heterocycles. The Morgan fingerprint density at radius 1 is 1.21 bits per heavy atom. The normalized spacial score (nSPS) is 27.0. The van der Waals surface area contributed by atoms with Gasteiger partial charge in [0.25, 0.3) is 5.91 Å². The fraction of sp³-hybridized carbons (Fsp3) is 0.588. The quantitative estimate of drug-likeness (QED) is 0.879. The van der Waals surface area contributed by atoms with Crippen molar-refractivity contribution in [2.75, 3.05) is 0 Å². The SMILES string of the molecule is CCc1ccc(C(=O)N[C@@H]2CCC[C@H](C)[C@@H]2C)cc1. The molecule has 19 heavy (non-hydrogen) atoms. The maximum Gasteiger partial charge on any atom is 0.251 e. The number of carbonyl (C=O) groups is 1. The zero-order valence-corrected chi connectivity index (χ0v) is 12.3. The Bertz CT molecular complexity index is 423. The van der Waals surface area contributed by atoms with Crippen LogP contribution in [0.5, 0.6) is 0 Å². The van der Waals surface area contributed by atoms with Gasteiger partial charge in [0.05, 0.1) is 0 Å². The van der Waals surface area contributed by atoms with Crippen LogP contribution in [0.25, 0.3) is 0 Å². The van der Waals surface area contributed by atoms with E-state index in [2.05, 4.69) is 26.1 Å². The van der Waals surface area contributed by atoms with Gasteiger partial charge in [0.2, 0.25) is 0 Å². The summed E-state index contributed by atoms with van der Waals surface area (Å²) in [7, 11) is 0. The lowest BCUT2D eigenvalue weighted by atomic mass is 9.78. The Hall–Kier alpha value is -1.31. The van der Waals surface area contributed by atoms with Gasteiger partial charge in [-0.15, -0.1) is 0 Å². The third-order valence-corrected chi connectivity index (χ3v) is 4.65. The molecule has 0 spiro atoms. The van der Waals surface area contributed by atoms with Gasteiger partial charge in [-0.2, -0.15) is 0 Å². The van der Waals surface area contributed by atoms with E-state index in [1.807, 2.05) is 24.3 Å². The van der Waals surface area contributed by atoms with Crippen molar-refractivity contribution in [3.05, 3.63) is 35.4 Å². The molecular weight excluding hydrogens is 234 g/mol. The molecule has 1 aliphatic rings. The average Bonchev–Trinajstić information content (AvgIpc) is 2.44. The standard InChI is InChI=1S/C17H25NO/c1-4-14-8-10-15(11-9-14)17(19)18-16-7-5-6-12(2)13(16)3/h8-13,16H,4-7H2,1-3H3,(H,18,19)/t12-,13-,16+/m0/s1. The number of amides is 1. The van der Waals surface area contributed by atoms with Gasteiger partial charge in [0, 0.05) is 11.6 Å². The Kier molecular flexibility index (Phi) is 4.62. The smallest absolute Gasteiger partial charge is 0.251 e. The van der Waals surface area contributed by atoms with Crippen LogP contribution in [0.3, 0.4) is 0 Å². The second kappa shape index (κ2) is 6.23. The first-order valence-electron chi connectivity index (χ1n) is 7.51. The number of aryl methyl sites for hydroxylation is 1. The summed E-state index contributed by atoms with van der Waals surface area (Å²) in [5, 5.41) is 3.21. The van der Waals surface area contributed by atoms with Gasteiger partial charge in [0.1, 0.15) is 0 Å². The predicted octanol–water partition coefficient (Wildman–Crippen LogP) is 3.80. The molecule has 0 aromatic heterocycles. The van der Waals surface area contributed by atoms with Gasteiger partial charge >= 0.3 is 0 Å². The highest BCUT2D eigenvalue weighted by Crippen LogP contribution is 2.29. The summed E-state index contributed by atoms with van der Waals surface area (Å²) in [6.45, 7) is 6.67. The Morgan fingerprint density at radius 3 is 2.53 bits per heavy atom. The zero-order valence-electron chi connectivity index (χ0n) is 12.3. The van der Waals surface area contributed by atoms with Crippen LogP contribution in [0.1, 0.15) is 56.0 Å². The molecule has 1 aliphatic carbocycles. The molecule has 2 nitrogen and oxygen atoms in total. The summed E-state index contributed by atoms with van der Waals surface area (Å²) in [6, 6.07) is 8.29. The fourth-order valence-corrected chi connectivity index (χ4v) is 2.93. The molecule has 1 amide bonds. The van der Waals surface area contributed by atoms with Crippen molar-refractivity contribution < 1.29 is 4.79 Å². The molecule has 0 radical (unpaired) electrons. The Morgan fingerprint density at radius 2 is 1.89 bits per heavy atom. The van der Waals surface area contributed by atoms with E-state index in [4.69, 9.17) is 0 Å². The lowest BCUT2D eigenvalue weighted by Crippen LogP contribution is -2.43. The maximum absolute atomic E-state index is 12.3. The van der Waals surface area contributed by atoms with Crippen LogP contribution >= 0.6 is 0 Å². The molecule has 0 bridgehead atoms. The summed E-state index contributed by atoms with van der Waals surface area (Å²) in [5.41, 5.74) is 2.05. The average molecular weight is 259 g/mol. The third kappa shape index (κ3) is 3.37. The molecule has 0 heterocycles. The lowest BCUT2D eigenvalue weighted by Gasteiger charge is -2.34. The largest absolute Gasteiger partial charge is 0.349 e. The molecule has 2 rings (SSSR count). The summed E-state index contributed by atoms with van der Waals surface area (Å²) < 4.78 is 0. The van der Waals surface area contributed by atoms with Crippen molar-refractivity contribution in [2.24, 2.45) is 11.8 Å². The van der Waals surface area contributed by atoms with Crippen LogP contribution in [0.4, 0.5) is 0 Å². The van der Waals surface area contributed by atoms with Crippen molar-refractivity contribution in [1.82, 2.24) is 5.32 Å². The van der Waals surface area contributed by atoms with E-state index in [9.17, 15) is 4.79 Å². The van der Waals surface area contributed by atoms with Crippen molar-refractivity contribution in [1.29, 1.82) is 0 Å². The van der Waals surface area contributed by atoms with Crippen LogP contribution in [-0.4, -0.2) is 11.9 Å². The highest BCUT2D eigenvalue weighted by molar-refractivity contribution is 5.94. The molecule has 1 saturated carbocycles. The van der Waals surface area contributed by atoms with Gasteiger partial charge in [-0.05, 0) is 42.4 Å². The van der Waals surface area contributed by atoms with Gasteiger partial charge in [-0.3, -0.25) is 4.79 Å². The fourth-order valence-electron chi connectivity index (χ4n) is 2.93. The first-order valence-corrected chi connectivity index (χ1v) is 7.51. The van der Waals surface area contributed by atoms with Gasteiger partial charge in [-0.1, -0.05) is 45.7 Å². The zero-order chi connectivity index (χ0) is 13.8. The van der Waals surface area contributed by atoms with Gasteiger partial charge < -0.3 is 5.32 Å². The van der Waals surface area contributed by atoms with E-state index in [-0.39, 0.29) is 5.91 Å². The number of nitrogens with one attached hydrogen (secondary N) is 1. The molecule has 0 unspecified atom stereocenters. The highest BCUT2D eigenvalue weighted by Gasteiger charge is 2.28. The Balaban J connectivity index is 1.99. The molecule has 0 aliphatic heterocycles. The topological polar surface area (TPSA) is 29.1 Å². The van der Waals surface area contributed by atoms with Crippen molar-refractivity contribution in [3.63, 3.8) is 0 Å². The van der Waals surface area contributed by atoms with Crippen molar-refractivity contribution in [2.45, 2.75) is 52.5 Å². The monoisotopic (exact) mass is 259 g/mol. The summed E-state index contributed by atoms with van der Waals surface area (Å²) in [4.78, 5) is 12.3. The van der Waals surface area contributed by atoms with Crippen LogP contribution in [0.2, 0.25) is 0 Å². The number of carbonyl (C=O) groups excluding carboxylic acids is 1. The van der Waals surface area contributed by atoms with E-state index in [1.54, 1.807) is 0 Å². The lowest BCUT2D eigenvalue weighted by molar-refractivity contribution is 0.0891. The molecule has 1 aromatic rings. The second-order valence-corrected chi connectivity index (χ2v) is 5.90. The van der Waals surface area contributed by atoms with Crippen molar-refractivity contribution >= 4 is 5.91 Å². The van der Waals surface area contributed by atoms with E-state index in [0.717, 1.165) is 18.4 Å². The molecule has 1 fully saturated rings. The van der Waals surface area contributed by atoms with E-state index < -0.39 is 0 Å². The molecular formula is C17H25NO. The molecule has 2 heteroatoms. The van der Waals surface area contributed by atoms with Crippen molar-refractivity contribution in [3.8, 4) is 0 Å². The predicted molar refractivity (Wildman–Crippen MR) is 79.3 cm³/mol. The first-order chi connectivity index (χ1) is 9.11. The van der Waals surface area contributed by atoms with Crippen LogP contribution < -0.4 is 5.32 Å². The minimum Gasteiger partial charge on any atom is -0.349 e. The third-order valence-electron chi connectivity index (χ3n) is 4.65. The summed E-state index contributed by atoms with van der Waals surface area (Å²) in [5.74, 6) is 1.36. The second-order valence-electron chi connectivity index (χ2n) is 5.90. The first kappa shape index (κ1) is 14.1. The Labute approximate surface area is 116 Å². The summed E-state index contributed by atoms with van der Waals surface area (Å²) in [6.07, 6.45) is 4.65. The minimum atomic E-state index is 0.0774. The number of hydrogen-bond acceptors (Lipinski definition) is 1. The van der Waals surface area contributed by atoms with Gasteiger partial charge in [-0.25, -0.2) is 0 Å². The van der Waals surface area contributed by atoms with E-state index in [1.165, 1.54) is 18.4 Å². The number of rotatable bonds is 3. The summed E-state index contributed by atoms with van der Waals surface area (Å²) >= 11 is 0. The minimum absolute atomic E-state index is 0.0774. The molecule has 1 aromatic carbocycles. The van der Waals surface area contributed by atoms with Crippen LogP contribution in [-0.2, 0) is 6.42 Å². The number of benzene rings is 1. The van der Waals surface area contributed by atoms with Gasteiger partial charge in [0.15, 0.2) is 0 Å². The highest BCUT2D eigenvalue weighted by atomic mass is 16.1. The van der Waals surface area contributed by atoms with E-state index >= 15 is 0 Å². The van der Waals surface area contributed by atoms with Crippen LogP contribution in [0.15, 0.2) is 24.3 Å². The molecule has 3 atom stereocenters. The molecule has 1 N–H and O–H groups in total. The molecule has 104 valence electrons.